The Bertz CT molecular complexity index is 2400. The van der Waals surface area contributed by atoms with Crippen LogP contribution in [0.15, 0.2) is 127 Å². The van der Waals surface area contributed by atoms with Crippen LogP contribution in [0.5, 0.6) is 0 Å². The first-order chi connectivity index (χ1) is 22.2. The lowest BCUT2D eigenvalue weighted by atomic mass is 9.90. The van der Waals surface area contributed by atoms with Gasteiger partial charge in [-0.05, 0) is 59.7 Å². The highest BCUT2D eigenvalue weighted by Crippen LogP contribution is 2.46. The molecule has 0 saturated carbocycles. The van der Waals surface area contributed by atoms with E-state index in [-0.39, 0.29) is 0 Å². The van der Waals surface area contributed by atoms with Crippen molar-refractivity contribution in [3.05, 3.63) is 150 Å². The lowest BCUT2D eigenvalue weighted by Crippen LogP contribution is -2.00. The second-order valence-electron chi connectivity index (χ2n) is 10.6. The van der Waals surface area contributed by atoms with Crippen LogP contribution < -0.4 is 0 Å². The van der Waals surface area contributed by atoms with Gasteiger partial charge in [0, 0.05) is 38.7 Å². The van der Waals surface area contributed by atoms with Gasteiger partial charge in [0.1, 0.15) is 0 Å². The van der Waals surface area contributed by atoms with Crippen molar-refractivity contribution in [1.29, 1.82) is 21.0 Å². The molecule has 7 aromatic rings. The maximum absolute atomic E-state index is 10.3. The quantitative estimate of drug-likeness (QED) is 0.210. The minimum absolute atomic E-state index is 0.396. The average molecular weight is 572 g/mol. The molecule has 0 atom stereocenters. The van der Waals surface area contributed by atoms with Crippen LogP contribution in [0.25, 0.3) is 60.9 Å². The van der Waals surface area contributed by atoms with Crippen molar-refractivity contribution in [3.8, 4) is 63.3 Å². The zero-order chi connectivity index (χ0) is 30.9. The Hall–Kier alpha value is -6.92. The highest BCUT2D eigenvalue weighted by atomic mass is 15.0. The molecule has 0 radical (unpaired) electrons. The number of benzene rings is 6. The smallest absolute Gasteiger partial charge is 0.0998 e. The zero-order valence-corrected chi connectivity index (χ0v) is 23.9. The molecule has 0 bridgehead atoms. The Morgan fingerprint density at radius 2 is 0.889 bits per heavy atom. The largest absolute Gasteiger partial charge is 0.308 e. The van der Waals surface area contributed by atoms with Gasteiger partial charge in [0.05, 0.1) is 57.6 Å². The minimum Gasteiger partial charge on any atom is -0.308 e. The summed E-state index contributed by atoms with van der Waals surface area (Å²) in [5.41, 5.74) is 8.61. The van der Waals surface area contributed by atoms with Gasteiger partial charge in [-0.15, -0.1) is 0 Å². The van der Waals surface area contributed by atoms with E-state index in [1.54, 1.807) is 36.4 Å². The number of hydrogen-bond acceptors (Lipinski definition) is 4. The number of nitriles is 4. The monoisotopic (exact) mass is 571 g/mol. The number of aromatic nitrogens is 1. The number of fused-ring (bicyclic) bond motifs is 3. The van der Waals surface area contributed by atoms with Crippen LogP contribution in [0.3, 0.4) is 0 Å². The standard InChI is InChI=1S/C40H21N5/c41-22-27-12-7-13-28(23-42)37(27)34-19-9-18-33-35-20-31(26-10-3-1-4-11-26)21-36(38-29(24-43)14-8-15-30(38)25-44)40(35)45(39(33)34)32-16-5-2-6-17-32/h1-21H. The summed E-state index contributed by atoms with van der Waals surface area (Å²) in [6.07, 6.45) is 0. The topological polar surface area (TPSA) is 100 Å². The van der Waals surface area contributed by atoms with E-state index in [2.05, 4.69) is 41.0 Å². The summed E-state index contributed by atoms with van der Waals surface area (Å²) in [4.78, 5) is 0. The van der Waals surface area contributed by atoms with Gasteiger partial charge >= 0.3 is 0 Å². The first-order valence-corrected chi connectivity index (χ1v) is 14.3. The van der Waals surface area contributed by atoms with Crippen LogP contribution in [-0.4, -0.2) is 4.57 Å². The van der Waals surface area contributed by atoms with Crippen LogP contribution in [0.4, 0.5) is 0 Å². The van der Waals surface area contributed by atoms with Crippen molar-refractivity contribution in [2.75, 3.05) is 0 Å². The van der Waals surface area contributed by atoms with Crippen molar-refractivity contribution in [1.82, 2.24) is 4.57 Å². The van der Waals surface area contributed by atoms with Crippen molar-refractivity contribution in [2.24, 2.45) is 0 Å². The van der Waals surface area contributed by atoms with Crippen LogP contribution in [0, 0.1) is 45.3 Å². The summed E-state index contributed by atoms with van der Waals surface area (Å²) >= 11 is 0. The van der Waals surface area contributed by atoms with E-state index in [9.17, 15) is 21.0 Å². The van der Waals surface area contributed by atoms with Crippen LogP contribution >= 0.6 is 0 Å². The van der Waals surface area contributed by atoms with E-state index in [1.165, 1.54) is 0 Å². The van der Waals surface area contributed by atoms with Crippen molar-refractivity contribution in [3.63, 3.8) is 0 Å². The molecule has 0 unspecified atom stereocenters. The predicted molar refractivity (Wildman–Crippen MR) is 176 cm³/mol. The number of rotatable bonds is 4. The fourth-order valence-electron chi connectivity index (χ4n) is 6.28. The van der Waals surface area contributed by atoms with Crippen molar-refractivity contribution >= 4 is 21.8 Å². The van der Waals surface area contributed by atoms with Crippen LogP contribution in [-0.2, 0) is 0 Å². The van der Waals surface area contributed by atoms with E-state index >= 15 is 0 Å². The SMILES string of the molecule is N#Cc1cccc(C#N)c1-c1cccc2c3cc(-c4ccccc4)cc(-c4c(C#N)cccc4C#N)c3n(-c3ccccc3)c12. The molecule has 0 fully saturated rings. The molecule has 0 N–H and O–H groups in total. The molecule has 0 saturated heterocycles. The second-order valence-corrected chi connectivity index (χ2v) is 10.6. The molecular weight excluding hydrogens is 550 g/mol. The fraction of sp³-hybridized carbons (Fsp3) is 0. The first kappa shape index (κ1) is 26.9. The maximum Gasteiger partial charge on any atom is 0.0998 e. The van der Waals surface area contributed by atoms with Crippen LogP contribution in [0.2, 0.25) is 0 Å². The molecule has 6 aromatic carbocycles. The van der Waals surface area contributed by atoms with Crippen molar-refractivity contribution < 1.29 is 0 Å². The molecule has 0 aliphatic heterocycles. The Morgan fingerprint density at radius 1 is 0.400 bits per heavy atom. The van der Waals surface area contributed by atoms with Gasteiger partial charge in [-0.3, -0.25) is 0 Å². The summed E-state index contributed by atoms with van der Waals surface area (Å²) in [5.74, 6) is 0. The summed E-state index contributed by atoms with van der Waals surface area (Å²) in [5, 5.41) is 42.6. The fourth-order valence-corrected chi connectivity index (χ4v) is 6.28. The van der Waals surface area contributed by atoms with E-state index in [0.717, 1.165) is 49.7 Å². The van der Waals surface area contributed by atoms with Gasteiger partial charge in [0.25, 0.3) is 0 Å². The molecule has 1 heterocycles. The van der Waals surface area contributed by atoms with E-state index in [1.807, 2.05) is 78.9 Å². The minimum atomic E-state index is 0.396. The Balaban J connectivity index is 1.77. The lowest BCUT2D eigenvalue weighted by molar-refractivity contribution is 1.18. The molecule has 5 nitrogen and oxygen atoms in total. The van der Waals surface area contributed by atoms with Gasteiger partial charge in [-0.1, -0.05) is 78.9 Å². The van der Waals surface area contributed by atoms with Crippen molar-refractivity contribution in [2.45, 2.75) is 0 Å². The molecular formula is C40H21N5. The third-order valence-corrected chi connectivity index (χ3v) is 8.15. The summed E-state index contributed by atoms with van der Waals surface area (Å²) in [7, 11) is 0. The molecule has 0 amide bonds. The maximum atomic E-state index is 10.3. The van der Waals surface area contributed by atoms with Crippen LogP contribution in [0.1, 0.15) is 22.3 Å². The molecule has 1 aromatic heterocycles. The van der Waals surface area contributed by atoms with E-state index in [4.69, 9.17) is 0 Å². The Labute approximate surface area is 259 Å². The molecule has 0 aliphatic rings. The predicted octanol–water partition coefficient (Wildman–Crippen LogP) is 9.27. The highest BCUT2D eigenvalue weighted by Gasteiger charge is 2.25. The normalized spacial score (nSPS) is 10.6. The van der Waals surface area contributed by atoms with Gasteiger partial charge in [-0.2, -0.15) is 21.0 Å². The van der Waals surface area contributed by atoms with Gasteiger partial charge in [0.2, 0.25) is 0 Å². The third-order valence-electron chi connectivity index (χ3n) is 8.15. The van der Waals surface area contributed by atoms with Gasteiger partial charge in [0.15, 0.2) is 0 Å². The molecule has 0 spiro atoms. The molecule has 206 valence electrons. The molecule has 0 aliphatic carbocycles. The Kier molecular flexibility index (Phi) is 6.62. The summed E-state index contributed by atoms with van der Waals surface area (Å²) < 4.78 is 2.13. The molecule has 45 heavy (non-hydrogen) atoms. The molecule has 5 heteroatoms. The average Bonchev–Trinajstić information content (AvgIpc) is 3.46. The Morgan fingerprint density at radius 3 is 1.44 bits per heavy atom. The number of hydrogen-bond donors (Lipinski definition) is 0. The first-order valence-electron chi connectivity index (χ1n) is 14.3. The summed E-state index contributed by atoms with van der Waals surface area (Å²) in [6.45, 7) is 0. The molecule has 7 rings (SSSR count). The lowest BCUT2D eigenvalue weighted by Gasteiger charge is -2.16. The highest BCUT2D eigenvalue weighted by molar-refractivity contribution is 6.19. The second kappa shape index (κ2) is 11.1. The number of para-hydroxylation sites is 2. The zero-order valence-electron chi connectivity index (χ0n) is 23.9. The van der Waals surface area contributed by atoms with Gasteiger partial charge < -0.3 is 4.57 Å². The van der Waals surface area contributed by atoms with Gasteiger partial charge in [-0.25, -0.2) is 0 Å². The summed E-state index contributed by atoms with van der Waals surface area (Å²) in [6, 6.07) is 49.6. The third kappa shape index (κ3) is 4.29. The van der Waals surface area contributed by atoms with E-state index < -0.39 is 0 Å². The number of nitrogens with zero attached hydrogens (tertiary/aromatic N) is 5. The van der Waals surface area contributed by atoms with E-state index in [0.29, 0.717) is 33.4 Å².